The molecule has 1 aromatic heterocycles. The molecular formula is C15H18N4O. The second kappa shape index (κ2) is 5.00. The smallest absolute Gasteiger partial charge is 0.242 e. The van der Waals surface area contributed by atoms with Crippen molar-refractivity contribution in [3.05, 3.63) is 30.5 Å². The summed E-state index contributed by atoms with van der Waals surface area (Å²) in [6.07, 6.45) is 3.88. The Morgan fingerprint density at radius 2 is 2.20 bits per heavy atom. The summed E-state index contributed by atoms with van der Waals surface area (Å²) < 4.78 is 0. The predicted octanol–water partition coefficient (Wildman–Crippen LogP) is 1.90. The maximum absolute atomic E-state index is 12.0. The van der Waals surface area contributed by atoms with E-state index in [4.69, 9.17) is 5.73 Å². The number of hydrogen-bond acceptors (Lipinski definition) is 4. The average molecular weight is 270 g/mol. The summed E-state index contributed by atoms with van der Waals surface area (Å²) >= 11 is 0. The quantitative estimate of drug-likeness (QED) is 0.741. The number of rotatable bonds is 4. The standard InChI is InChI=1S/C15H18N4O/c1-9(15(20)19-10-5-6-10)18-13-7-8-17-14-11(13)3-2-4-12(14)16/h2-4,7-10H,5-6,16H2,1H3,(H,17,18)(H,19,20). The molecular weight excluding hydrogens is 252 g/mol. The first-order chi connectivity index (χ1) is 9.65. The van der Waals surface area contributed by atoms with Gasteiger partial charge < -0.3 is 16.4 Å². The Kier molecular flexibility index (Phi) is 3.18. The van der Waals surface area contributed by atoms with Gasteiger partial charge in [0, 0.05) is 23.3 Å². The number of aromatic nitrogens is 1. The third kappa shape index (κ3) is 2.52. The fourth-order valence-electron chi connectivity index (χ4n) is 2.18. The van der Waals surface area contributed by atoms with E-state index >= 15 is 0 Å². The van der Waals surface area contributed by atoms with Crippen molar-refractivity contribution in [2.75, 3.05) is 11.1 Å². The molecule has 1 amide bonds. The number of anilines is 2. The molecule has 1 heterocycles. The van der Waals surface area contributed by atoms with Crippen molar-refractivity contribution in [3.8, 4) is 0 Å². The van der Waals surface area contributed by atoms with E-state index in [0.29, 0.717) is 11.7 Å². The Hall–Kier alpha value is -2.30. The average Bonchev–Trinajstić information content (AvgIpc) is 3.24. The molecule has 0 radical (unpaired) electrons. The lowest BCUT2D eigenvalue weighted by Crippen LogP contribution is -2.38. The van der Waals surface area contributed by atoms with Crippen LogP contribution >= 0.6 is 0 Å². The van der Waals surface area contributed by atoms with Crippen LogP contribution in [0, 0.1) is 0 Å². The van der Waals surface area contributed by atoms with E-state index in [2.05, 4.69) is 15.6 Å². The number of benzene rings is 1. The first-order valence-electron chi connectivity index (χ1n) is 6.85. The monoisotopic (exact) mass is 270 g/mol. The van der Waals surface area contributed by atoms with Gasteiger partial charge in [-0.25, -0.2) is 0 Å². The van der Waals surface area contributed by atoms with Crippen LogP contribution in [0.3, 0.4) is 0 Å². The predicted molar refractivity (Wildman–Crippen MR) is 80.4 cm³/mol. The molecule has 1 aromatic carbocycles. The number of pyridine rings is 1. The normalized spacial score (nSPS) is 15.8. The first-order valence-corrected chi connectivity index (χ1v) is 6.85. The van der Waals surface area contributed by atoms with Crippen molar-refractivity contribution in [1.82, 2.24) is 10.3 Å². The molecule has 4 N–H and O–H groups in total. The van der Waals surface area contributed by atoms with Crippen molar-refractivity contribution in [2.24, 2.45) is 0 Å². The Balaban J connectivity index is 1.83. The van der Waals surface area contributed by atoms with Gasteiger partial charge in [-0.05, 0) is 31.9 Å². The van der Waals surface area contributed by atoms with Crippen molar-refractivity contribution in [2.45, 2.75) is 31.8 Å². The van der Waals surface area contributed by atoms with Gasteiger partial charge in [-0.15, -0.1) is 0 Å². The number of nitrogen functional groups attached to an aromatic ring is 1. The Labute approximate surface area is 117 Å². The SMILES string of the molecule is CC(Nc1ccnc2c(N)cccc12)C(=O)NC1CC1. The van der Waals surface area contributed by atoms with Gasteiger partial charge in [-0.2, -0.15) is 0 Å². The largest absolute Gasteiger partial charge is 0.397 e. The molecule has 0 bridgehead atoms. The summed E-state index contributed by atoms with van der Waals surface area (Å²) in [4.78, 5) is 16.3. The highest BCUT2D eigenvalue weighted by atomic mass is 16.2. The molecule has 5 heteroatoms. The van der Waals surface area contributed by atoms with E-state index < -0.39 is 0 Å². The van der Waals surface area contributed by atoms with Crippen molar-refractivity contribution >= 4 is 28.2 Å². The van der Waals surface area contributed by atoms with Gasteiger partial charge in [0.25, 0.3) is 0 Å². The van der Waals surface area contributed by atoms with Crippen LogP contribution in [0.5, 0.6) is 0 Å². The van der Waals surface area contributed by atoms with E-state index in [1.807, 2.05) is 31.2 Å². The van der Waals surface area contributed by atoms with Gasteiger partial charge in [-0.1, -0.05) is 12.1 Å². The molecule has 1 aliphatic rings. The molecule has 1 unspecified atom stereocenters. The van der Waals surface area contributed by atoms with Crippen molar-refractivity contribution < 1.29 is 4.79 Å². The fraction of sp³-hybridized carbons (Fsp3) is 0.333. The zero-order valence-corrected chi connectivity index (χ0v) is 11.4. The second-order valence-electron chi connectivity index (χ2n) is 5.25. The number of para-hydroxylation sites is 1. The van der Waals surface area contributed by atoms with Crippen LogP contribution in [0.25, 0.3) is 10.9 Å². The lowest BCUT2D eigenvalue weighted by molar-refractivity contribution is -0.121. The minimum absolute atomic E-state index is 0.0290. The van der Waals surface area contributed by atoms with Crippen LogP contribution in [-0.2, 0) is 4.79 Å². The number of nitrogens with zero attached hydrogens (tertiary/aromatic N) is 1. The van der Waals surface area contributed by atoms with Gasteiger partial charge in [0.15, 0.2) is 0 Å². The third-order valence-electron chi connectivity index (χ3n) is 3.49. The molecule has 104 valence electrons. The van der Waals surface area contributed by atoms with Gasteiger partial charge in [-0.3, -0.25) is 9.78 Å². The van der Waals surface area contributed by atoms with Gasteiger partial charge in [0.2, 0.25) is 5.91 Å². The lowest BCUT2D eigenvalue weighted by atomic mass is 10.1. The highest BCUT2D eigenvalue weighted by Crippen LogP contribution is 2.26. The van der Waals surface area contributed by atoms with Crippen LogP contribution in [0.15, 0.2) is 30.5 Å². The van der Waals surface area contributed by atoms with Crippen LogP contribution in [0.4, 0.5) is 11.4 Å². The number of nitrogens with two attached hydrogens (primary N) is 1. The molecule has 0 saturated heterocycles. The number of hydrogen-bond donors (Lipinski definition) is 3. The summed E-state index contributed by atoms with van der Waals surface area (Å²) in [6, 6.07) is 7.61. The summed E-state index contributed by atoms with van der Waals surface area (Å²) in [5, 5.41) is 7.16. The Morgan fingerprint density at radius 1 is 1.40 bits per heavy atom. The van der Waals surface area contributed by atoms with E-state index in [9.17, 15) is 4.79 Å². The molecule has 1 atom stereocenters. The molecule has 1 fully saturated rings. The maximum Gasteiger partial charge on any atom is 0.242 e. The summed E-state index contributed by atoms with van der Waals surface area (Å²) in [6.45, 7) is 1.86. The van der Waals surface area contributed by atoms with Crippen LogP contribution in [0.2, 0.25) is 0 Å². The summed E-state index contributed by atoms with van der Waals surface area (Å²) in [5.74, 6) is 0.0290. The molecule has 1 aliphatic carbocycles. The number of carbonyl (C=O) groups is 1. The van der Waals surface area contributed by atoms with E-state index in [0.717, 1.165) is 29.4 Å². The summed E-state index contributed by atoms with van der Waals surface area (Å²) in [7, 11) is 0. The maximum atomic E-state index is 12.0. The molecule has 20 heavy (non-hydrogen) atoms. The molecule has 3 rings (SSSR count). The third-order valence-corrected chi connectivity index (χ3v) is 3.49. The first kappa shape index (κ1) is 12.7. The minimum atomic E-state index is -0.289. The van der Waals surface area contributed by atoms with Gasteiger partial charge in [0.05, 0.1) is 11.2 Å². The number of fused-ring (bicyclic) bond motifs is 1. The topological polar surface area (TPSA) is 80.0 Å². The van der Waals surface area contributed by atoms with E-state index in [1.54, 1.807) is 6.20 Å². The molecule has 1 saturated carbocycles. The molecule has 0 spiro atoms. The van der Waals surface area contributed by atoms with Gasteiger partial charge >= 0.3 is 0 Å². The van der Waals surface area contributed by atoms with Crippen LogP contribution in [-0.4, -0.2) is 23.0 Å². The Morgan fingerprint density at radius 3 is 2.95 bits per heavy atom. The van der Waals surface area contributed by atoms with E-state index in [-0.39, 0.29) is 11.9 Å². The van der Waals surface area contributed by atoms with Crippen LogP contribution < -0.4 is 16.4 Å². The minimum Gasteiger partial charge on any atom is -0.397 e. The molecule has 2 aromatic rings. The second-order valence-corrected chi connectivity index (χ2v) is 5.25. The Bertz CT molecular complexity index is 651. The highest BCUT2D eigenvalue weighted by molar-refractivity contribution is 5.98. The lowest BCUT2D eigenvalue weighted by Gasteiger charge is -2.16. The van der Waals surface area contributed by atoms with Gasteiger partial charge in [0.1, 0.15) is 6.04 Å². The fourth-order valence-corrected chi connectivity index (χ4v) is 2.18. The van der Waals surface area contributed by atoms with Crippen LogP contribution in [0.1, 0.15) is 19.8 Å². The van der Waals surface area contributed by atoms with Crippen molar-refractivity contribution in [1.29, 1.82) is 0 Å². The zero-order chi connectivity index (χ0) is 14.1. The number of carbonyl (C=O) groups excluding carboxylic acids is 1. The molecule has 5 nitrogen and oxygen atoms in total. The number of amides is 1. The summed E-state index contributed by atoms with van der Waals surface area (Å²) in [5.41, 5.74) is 8.19. The van der Waals surface area contributed by atoms with E-state index in [1.165, 1.54) is 0 Å². The molecule has 0 aliphatic heterocycles. The highest BCUT2D eigenvalue weighted by Gasteiger charge is 2.25. The zero-order valence-electron chi connectivity index (χ0n) is 11.4. The number of nitrogens with one attached hydrogen (secondary N) is 2. The van der Waals surface area contributed by atoms with Crippen molar-refractivity contribution in [3.63, 3.8) is 0 Å².